The molecule has 3 saturated carbocycles. The van der Waals surface area contributed by atoms with Crippen molar-refractivity contribution in [3.63, 3.8) is 0 Å². The second-order valence-corrected chi connectivity index (χ2v) is 7.63. The molecule has 2 bridgehead atoms. The van der Waals surface area contributed by atoms with Crippen molar-refractivity contribution in [3.05, 3.63) is 0 Å². The molecular weight excluding hydrogens is 196 g/mol. The summed E-state index contributed by atoms with van der Waals surface area (Å²) < 4.78 is 6.24. The molecule has 1 saturated heterocycles. The molecule has 0 radical (unpaired) electrons. The molecule has 4 rings (SSSR count). The molecule has 90 valence electrons. The first-order valence-corrected chi connectivity index (χ1v) is 7.15. The van der Waals surface area contributed by atoms with Gasteiger partial charge in [-0.3, -0.25) is 0 Å². The lowest BCUT2D eigenvalue weighted by Gasteiger charge is -2.44. The van der Waals surface area contributed by atoms with Gasteiger partial charge in [-0.25, -0.2) is 0 Å². The Labute approximate surface area is 98.9 Å². The smallest absolute Gasteiger partial charge is 0.0689 e. The lowest BCUT2D eigenvalue weighted by molar-refractivity contribution is -0.0727. The quantitative estimate of drug-likeness (QED) is 0.606. The fourth-order valence-electron chi connectivity index (χ4n) is 6.31. The largest absolute Gasteiger partial charge is 0.374 e. The molecule has 1 heteroatoms. The highest BCUT2D eigenvalue weighted by Gasteiger charge is 2.72. The van der Waals surface area contributed by atoms with Gasteiger partial charge in [0.25, 0.3) is 0 Å². The second kappa shape index (κ2) is 2.53. The van der Waals surface area contributed by atoms with E-state index in [1.807, 2.05) is 0 Å². The van der Waals surface area contributed by atoms with Crippen LogP contribution in [0.2, 0.25) is 0 Å². The van der Waals surface area contributed by atoms with Gasteiger partial charge >= 0.3 is 0 Å². The predicted molar refractivity (Wildman–Crippen MR) is 64.1 cm³/mol. The molecule has 1 aliphatic heterocycles. The molecule has 1 spiro atoms. The number of fused-ring (bicyclic) bond motifs is 1. The van der Waals surface area contributed by atoms with Crippen LogP contribution in [0.3, 0.4) is 0 Å². The minimum absolute atomic E-state index is 0.240. The summed E-state index contributed by atoms with van der Waals surface area (Å²) >= 11 is 0. The maximum absolute atomic E-state index is 6.24. The lowest BCUT2D eigenvalue weighted by Crippen LogP contribution is -2.41. The van der Waals surface area contributed by atoms with E-state index in [1.165, 1.54) is 32.1 Å². The van der Waals surface area contributed by atoms with Gasteiger partial charge in [-0.15, -0.1) is 0 Å². The topological polar surface area (TPSA) is 9.23 Å². The lowest BCUT2D eigenvalue weighted by atomic mass is 9.64. The first-order valence-electron chi connectivity index (χ1n) is 7.15. The molecule has 0 amide bonds. The third kappa shape index (κ3) is 0.805. The van der Waals surface area contributed by atoms with Gasteiger partial charge in [-0.2, -0.15) is 0 Å². The normalized spacial score (nSPS) is 67.3. The molecule has 6 atom stereocenters. The maximum atomic E-state index is 6.24. The number of hydrogen-bond donors (Lipinski definition) is 0. The number of rotatable bonds is 0. The van der Waals surface area contributed by atoms with Gasteiger partial charge in [0.05, 0.1) is 12.2 Å². The zero-order valence-corrected chi connectivity index (χ0v) is 10.9. The van der Waals surface area contributed by atoms with E-state index in [4.69, 9.17) is 4.74 Å². The van der Waals surface area contributed by atoms with Gasteiger partial charge < -0.3 is 4.74 Å². The van der Waals surface area contributed by atoms with Gasteiger partial charge in [0.1, 0.15) is 0 Å². The predicted octanol–water partition coefficient (Wildman–Crippen LogP) is 3.63. The Morgan fingerprint density at radius 2 is 1.88 bits per heavy atom. The Hall–Kier alpha value is -0.0400. The summed E-state index contributed by atoms with van der Waals surface area (Å²) in [6.45, 7) is 8.50. The van der Waals surface area contributed by atoms with Crippen molar-refractivity contribution < 1.29 is 4.74 Å². The summed E-state index contributed by atoms with van der Waals surface area (Å²) in [6.07, 6.45) is 7.21. The first-order chi connectivity index (χ1) is 7.51. The summed E-state index contributed by atoms with van der Waals surface area (Å²) in [5, 5.41) is 0. The van der Waals surface area contributed by atoms with E-state index in [-0.39, 0.29) is 5.60 Å². The van der Waals surface area contributed by atoms with Crippen LogP contribution in [-0.2, 0) is 4.74 Å². The molecule has 1 heterocycles. The molecule has 3 aliphatic carbocycles. The van der Waals surface area contributed by atoms with Crippen LogP contribution >= 0.6 is 0 Å². The molecule has 4 aliphatic rings. The van der Waals surface area contributed by atoms with Gasteiger partial charge in [-0.1, -0.05) is 13.8 Å². The second-order valence-electron chi connectivity index (χ2n) is 7.63. The fraction of sp³-hybridized carbons (Fsp3) is 1.00. The molecule has 0 aromatic rings. The first kappa shape index (κ1) is 9.94. The zero-order chi connectivity index (χ0) is 11.2. The Balaban J connectivity index is 1.87. The van der Waals surface area contributed by atoms with Gasteiger partial charge in [0.2, 0.25) is 0 Å². The van der Waals surface area contributed by atoms with Crippen LogP contribution in [0, 0.1) is 28.6 Å². The van der Waals surface area contributed by atoms with Gasteiger partial charge in [0.15, 0.2) is 0 Å². The summed E-state index contributed by atoms with van der Waals surface area (Å²) in [6, 6.07) is 0. The monoisotopic (exact) mass is 220 g/mol. The van der Waals surface area contributed by atoms with Crippen molar-refractivity contribution >= 4 is 0 Å². The summed E-state index contributed by atoms with van der Waals surface area (Å²) in [4.78, 5) is 0. The Bertz CT molecular complexity index is 351. The molecule has 16 heavy (non-hydrogen) atoms. The molecule has 0 aromatic heterocycles. The van der Waals surface area contributed by atoms with Crippen LogP contribution in [0.4, 0.5) is 0 Å². The third-order valence-corrected chi connectivity index (χ3v) is 7.28. The van der Waals surface area contributed by atoms with Crippen LogP contribution in [0.5, 0.6) is 0 Å². The minimum Gasteiger partial charge on any atom is -0.374 e. The highest BCUT2D eigenvalue weighted by Crippen LogP contribution is 2.76. The molecular formula is C15H24O. The van der Waals surface area contributed by atoms with Crippen LogP contribution in [-0.4, -0.2) is 12.2 Å². The van der Waals surface area contributed by atoms with E-state index >= 15 is 0 Å². The van der Waals surface area contributed by atoms with E-state index in [0.717, 1.165) is 29.8 Å². The van der Waals surface area contributed by atoms with Crippen LogP contribution in [0.15, 0.2) is 0 Å². The van der Waals surface area contributed by atoms with E-state index in [9.17, 15) is 0 Å². The summed E-state index contributed by atoms with van der Waals surface area (Å²) in [5.74, 6) is 2.82. The Morgan fingerprint density at radius 1 is 1.06 bits per heavy atom. The highest BCUT2D eigenvalue weighted by molar-refractivity contribution is 5.21. The van der Waals surface area contributed by atoms with Crippen molar-refractivity contribution in [3.8, 4) is 0 Å². The molecule has 0 N–H and O–H groups in total. The van der Waals surface area contributed by atoms with Crippen LogP contribution in [0.1, 0.15) is 52.9 Å². The molecule has 1 unspecified atom stereocenters. The van der Waals surface area contributed by atoms with E-state index in [2.05, 4.69) is 20.8 Å². The summed E-state index contributed by atoms with van der Waals surface area (Å²) in [5.41, 5.74) is 1.49. The van der Waals surface area contributed by atoms with Crippen molar-refractivity contribution in [1.29, 1.82) is 0 Å². The van der Waals surface area contributed by atoms with Gasteiger partial charge in [-0.05, 0) is 67.6 Å². The van der Waals surface area contributed by atoms with Crippen molar-refractivity contribution in [2.45, 2.75) is 58.5 Å². The van der Waals surface area contributed by atoms with E-state index in [1.54, 1.807) is 0 Å². The van der Waals surface area contributed by atoms with Crippen molar-refractivity contribution in [2.24, 2.45) is 28.6 Å². The zero-order valence-electron chi connectivity index (χ0n) is 10.9. The third-order valence-electron chi connectivity index (χ3n) is 7.28. The van der Waals surface area contributed by atoms with E-state index < -0.39 is 0 Å². The van der Waals surface area contributed by atoms with Crippen LogP contribution in [0.25, 0.3) is 0 Å². The summed E-state index contributed by atoms with van der Waals surface area (Å²) in [7, 11) is 0. The molecule has 1 nitrogen and oxygen atoms in total. The average molecular weight is 220 g/mol. The SMILES string of the molecule is C[C@@H]1CCC2[C@]13CC[C@@]1(C)OC[C@]2(C)[C@H]1C3. The van der Waals surface area contributed by atoms with Crippen LogP contribution < -0.4 is 0 Å². The number of ether oxygens (including phenoxy) is 1. The fourth-order valence-corrected chi connectivity index (χ4v) is 6.31. The average Bonchev–Trinajstić information content (AvgIpc) is 2.77. The van der Waals surface area contributed by atoms with Gasteiger partial charge in [0, 0.05) is 0 Å². The standard InChI is InChI=1S/C15H24O/c1-10-4-5-11-13(2)9-16-14(3)6-7-15(10,11)8-12(13)14/h10-12H,4-9H2,1-3H3/t10-,11?,12-,13+,14-,15+/m1/s1. The Kier molecular flexibility index (Phi) is 1.57. The molecule has 0 aromatic carbocycles. The van der Waals surface area contributed by atoms with Crippen molar-refractivity contribution in [2.75, 3.05) is 6.61 Å². The Morgan fingerprint density at radius 3 is 2.69 bits per heavy atom. The molecule has 4 fully saturated rings. The van der Waals surface area contributed by atoms with E-state index in [0.29, 0.717) is 5.41 Å². The number of hydrogen-bond acceptors (Lipinski definition) is 1. The van der Waals surface area contributed by atoms with Crippen molar-refractivity contribution in [1.82, 2.24) is 0 Å². The highest BCUT2D eigenvalue weighted by atomic mass is 16.5. The maximum Gasteiger partial charge on any atom is 0.0689 e. The minimum atomic E-state index is 0.240.